The Kier molecular flexibility index (Phi) is 4.53. The number of carboxylic acids is 1. The maximum atomic E-state index is 10.7. The molecule has 2 aromatic rings. The topological polar surface area (TPSA) is 119 Å². The van der Waals surface area contributed by atoms with Gasteiger partial charge >= 0.3 is 5.97 Å². The van der Waals surface area contributed by atoms with Gasteiger partial charge in [0.1, 0.15) is 0 Å². The number of aromatic nitrogens is 2. The normalized spacial score (nSPS) is 12.0. The van der Waals surface area contributed by atoms with Crippen LogP contribution in [0, 0.1) is 10.1 Å². The van der Waals surface area contributed by atoms with E-state index in [-0.39, 0.29) is 23.2 Å². The number of thioether (sulfide) groups is 1. The standard InChI is InChI=1S/C12H11N3O5S/c1-7(12(16)17)21-6-10-13-14-11(20-10)8-3-2-4-9(5-8)15(18)19/h2-5,7H,6H2,1H3,(H,16,17). The van der Waals surface area contributed by atoms with Crippen LogP contribution >= 0.6 is 11.8 Å². The van der Waals surface area contributed by atoms with Gasteiger partial charge in [-0.25, -0.2) is 0 Å². The van der Waals surface area contributed by atoms with Gasteiger partial charge in [0.05, 0.1) is 15.9 Å². The van der Waals surface area contributed by atoms with Crippen LogP contribution < -0.4 is 0 Å². The Bertz CT molecular complexity index is 672. The largest absolute Gasteiger partial charge is 0.480 e. The molecule has 0 saturated heterocycles. The van der Waals surface area contributed by atoms with Crippen molar-refractivity contribution in [2.75, 3.05) is 0 Å². The molecule has 1 N–H and O–H groups in total. The highest BCUT2D eigenvalue weighted by Gasteiger charge is 2.15. The van der Waals surface area contributed by atoms with Crippen LogP contribution in [0.4, 0.5) is 5.69 Å². The third-order valence-corrected chi connectivity index (χ3v) is 3.69. The van der Waals surface area contributed by atoms with Crippen molar-refractivity contribution < 1.29 is 19.2 Å². The third kappa shape index (κ3) is 3.78. The molecule has 0 spiro atoms. The first-order valence-corrected chi connectivity index (χ1v) is 6.94. The van der Waals surface area contributed by atoms with E-state index in [1.807, 2.05) is 0 Å². The Morgan fingerprint density at radius 1 is 1.52 bits per heavy atom. The molecule has 0 aliphatic rings. The maximum absolute atomic E-state index is 10.7. The van der Waals surface area contributed by atoms with Gasteiger partial charge in [-0.2, -0.15) is 0 Å². The van der Waals surface area contributed by atoms with Crippen molar-refractivity contribution in [1.29, 1.82) is 0 Å². The molecule has 1 unspecified atom stereocenters. The predicted molar refractivity (Wildman–Crippen MR) is 74.8 cm³/mol. The highest BCUT2D eigenvalue weighted by atomic mass is 32.2. The minimum absolute atomic E-state index is 0.0684. The molecular weight excluding hydrogens is 298 g/mol. The number of carbonyl (C=O) groups is 1. The highest BCUT2D eigenvalue weighted by molar-refractivity contribution is 7.99. The summed E-state index contributed by atoms with van der Waals surface area (Å²) in [6, 6.07) is 5.85. The monoisotopic (exact) mass is 309 g/mol. The lowest BCUT2D eigenvalue weighted by Gasteiger charge is -2.02. The van der Waals surface area contributed by atoms with Gasteiger partial charge in [-0.15, -0.1) is 22.0 Å². The van der Waals surface area contributed by atoms with Crippen molar-refractivity contribution in [3.05, 3.63) is 40.3 Å². The van der Waals surface area contributed by atoms with Gasteiger partial charge in [-0.3, -0.25) is 14.9 Å². The van der Waals surface area contributed by atoms with Crippen LogP contribution in [0.5, 0.6) is 0 Å². The third-order valence-electron chi connectivity index (χ3n) is 2.58. The molecule has 2 rings (SSSR count). The first-order chi connectivity index (χ1) is 9.97. The Morgan fingerprint density at radius 2 is 2.29 bits per heavy atom. The zero-order valence-corrected chi connectivity index (χ0v) is 11.7. The number of hydrogen-bond acceptors (Lipinski definition) is 7. The van der Waals surface area contributed by atoms with E-state index in [1.54, 1.807) is 13.0 Å². The van der Waals surface area contributed by atoms with Crippen LogP contribution in [0.3, 0.4) is 0 Å². The second kappa shape index (κ2) is 6.35. The molecule has 9 heteroatoms. The van der Waals surface area contributed by atoms with Gasteiger partial charge in [0, 0.05) is 17.7 Å². The number of nitro groups is 1. The smallest absolute Gasteiger partial charge is 0.316 e. The number of hydrogen-bond donors (Lipinski definition) is 1. The van der Waals surface area contributed by atoms with Crippen LogP contribution in [0.25, 0.3) is 11.5 Å². The minimum atomic E-state index is -0.918. The van der Waals surface area contributed by atoms with E-state index in [1.165, 1.54) is 18.2 Å². The second-order valence-electron chi connectivity index (χ2n) is 4.10. The van der Waals surface area contributed by atoms with E-state index < -0.39 is 16.1 Å². The van der Waals surface area contributed by atoms with E-state index in [0.29, 0.717) is 5.56 Å². The maximum Gasteiger partial charge on any atom is 0.316 e. The van der Waals surface area contributed by atoms with Gasteiger partial charge in [0.25, 0.3) is 5.69 Å². The fraction of sp³-hybridized carbons (Fsp3) is 0.250. The quantitative estimate of drug-likeness (QED) is 0.637. The van der Waals surface area contributed by atoms with Gasteiger partial charge in [0.2, 0.25) is 11.8 Å². The molecule has 1 heterocycles. The van der Waals surface area contributed by atoms with Crippen LogP contribution in [0.2, 0.25) is 0 Å². The highest BCUT2D eigenvalue weighted by Crippen LogP contribution is 2.24. The summed E-state index contributed by atoms with van der Waals surface area (Å²) in [5.74, 6) is -0.222. The van der Waals surface area contributed by atoms with Crippen LogP contribution in [-0.4, -0.2) is 31.4 Å². The van der Waals surface area contributed by atoms with Crippen molar-refractivity contribution in [3.8, 4) is 11.5 Å². The molecule has 8 nitrogen and oxygen atoms in total. The van der Waals surface area contributed by atoms with Crippen LogP contribution in [0.1, 0.15) is 12.8 Å². The lowest BCUT2D eigenvalue weighted by Crippen LogP contribution is -2.11. The summed E-state index contributed by atoms with van der Waals surface area (Å²) in [6.45, 7) is 1.56. The van der Waals surface area contributed by atoms with Gasteiger partial charge in [0.15, 0.2) is 0 Å². The number of nitro benzene ring substituents is 1. The Hall–Kier alpha value is -2.42. The molecular formula is C12H11N3O5S. The number of rotatable bonds is 6. The average molecular weight is 309 g/mol. The number of non-ortho nitro benzene ring substituents is 1. The van der Waals surface area contributed by atoms with E-state index >= 15 is 0 Å². The number of carboxylic acid groups (broad SMARTS) is 1. The molecule has 0 aliphatic heterocycles. The molecule has 0 saturated carbocycles. The molecule has 0 radical (unpaired) electrons. The fourth-order valence-electron chi connectivity index (χ4n) is 1.45. The summed E-state index contributed by atoms with van der Waals surface area (Å²) < 4.78 is 5.38. The zero-order chi connectivity index (χ0) is 15.4. The molecule has 0 aliphatic carbocycles. The predicted octanol–water partition coefficient (Wildman–Crippen LogP) is 2.35. The van der Waals surface area contributed by atoms with Crippen molar-refractivity contribution in [2.45, 2.75) is 17.9 Å². The Morgan fingerprint density at radius 3 is 2.95 bits per heavy atom. The van der Waals surface area contributed by atoms with Gasteiger partial charge in [-0.1, -0.05) is 6.07 Å². The van der Waals surface area contributed by atoms with E-state index in [0.717, 1.165) is 11.8 Å². The number of benzene rings is 1. The number of aliphatic carboxylic acids is 1. The second-order valence-corrected chi connectivity index (χ2v) is 5.43. The van der Waals surface area contributed by atoms with Crippen molar-refractivity contribution in [3.63, 3.8) is 0 Å². The zero-order valence-electron chi connectivity index (χ0n) is 10.9. The lowest BCUT2D eigenvalue weighted by molar-refractivity contribution is -0.384. The van der Waals surface area contributed by atoms with E-state index in [2.05, 4.69) is 10.2 Å². The summed E-state index contributed by atoms with van der Waals surface area (Å²) >= 11 is 1.15. The fourth-order valence-corrected chi connectivity index (χ4v) is 2.10. The minimum Gasteiger partial charge on any atom is -0.480 e. The van der Waals surface area contributed by atoms with Crippen molar-refractivity contribution in [1.82, 2.24) is 10.2 Å². The summed E-state index contributed by atoms with van der Waals surface area (Å²) in [7, 11) is 0. The summed E-state index contributed by atoms with van der Waals surface area (Å²) in [5.41, 5.74) is 0.375. The molecule has 110 valence electrons. The molecule has 1 atom stereocenters. The van der Waals surface area contributed by atoms with Crippen LogP contribution in [0.15, 0.2) is 28.7 Å². The Balaban J connectivity index is 2.11. The molecule has 1 aromatic carbocycles. The summed E-state index contributed by atoms with van der Waals surface area (Å²) in [4.78, 5) is 20.9. The molecule has 0 bridgehead atoms. The van der Waals surface area contributed by atoms with E-state index in [4.69, 9.17) is 9.52 Å². The van der Waals surface area contributed by atoms with Crippen molar-refractivity contribution in [2.24, 2.45) is 0 Å². The Labute approximate surface area is 123 Å². The van der Waals surface area contributed by atoms with Crippen LogP contribution in [-0.2, 0) is 10.5 Å². The molecule has 0 amide bonds. The summed E-state index contributed by atoms with van der Waals surface area (Å²) in [5, 5.41) is 26.5. The lowest BCUT2D eigenvalue weighted by atomic mass is 10.2. The molecule has 1 aromatic heterocycles. The average Bonchev–Trinajstić information content (AvgIpc) is 2.93. The molecule has 21 heavy (non-hydrogen) atoms. The van der Waals surface area contributed by atoms with E-state index in [9.17, 15) is 14.9 Å². The van der Waals surface area contributed by atoms with Crippen molar-refractivity contribution >= 4 is 23.4 Å². The first kappa shape index (κ1) is 15.0. The summed E-state index contributed by atoms with van der Waals surface area (Å²) in [6.07, 6.45) is 0. The first-order valence-electron chi connectivity index (χ1n) is 5.89. The van der Waals surface area contributed by atoms with Gasteiger partial charge in [-0.05, 0) is 13.0 Å². The number of nitrogens with zero attached hydrogens (tertiary/aromatic N) is 3. The van der Waals surface area contributed by atoms with Gasteiger partial charge < -0.3 is 9.52 Å². The SMILES string of the molecule is CC(SCc1nnc(-c2cccc([N+](=O)[O-])c2)o1)C(=O)O. The molecule has 0 fully saturated rings.